The topological polar surface area (TPSA) is 110 Å². The van der Waals surface area contributed by atoms with E-state index in [0.717, 1.165) is 25.7 Å². The summed E-state index contributed by atoms with van der Waals surface area (Å²) < 4.78 is 0. The third kappa shape index (κ3) is 5.46. The molecule has 0 aromatic heterocycles. The largest absolute Gasteiger partial charge is 0.368 e. The van der Waals surface area contributed by atoms with Gasteiger partial charge in [-0.2, -0.15) is 0 Å². The van der Waals surface area contributed by atoms with Crippen LogP contribution in [0.15, 0.2) is 0 Å². The number of nitrogens with two attached hydrogens (primary N) is 2. The Hall–Kier alpha value is -1.14. The van der Waals surface area contributed by atoms with Crippen molar-refractivity contribution in [1.82, 2.24) is 10.6 Å². The van der Waals surface area contributed by atoms with Crippen molar-refractivity contribution in [2.24, 2.45) is 11.5 Å². The lowest BCUT2D eigenvalue weighted by Gasteiger charge is -2.25. The Morgan fingerprint density at radius 1 is 1.17 bits per heavy atom. The molecular formula is C12H26N4O2. The third-order valence-electron chi connectivity index (χ3n) is 3.46. The first-order chi connectivity index (χ1) is 8.37. The molecule has 0 fully saturated rings. The maximum atomic E-state index is 11.2. The van der Waals surface area contributed by atoms with Crippen LogP contribution in [0.5, 0.6) is 0 Å². The fourth-order valence-electron chi connectivity index (χ4n) is 1.80. The average Bonchev–Trinajstić information content (AvgIpc) is 2.32. The van der Waals surface area contributed by atoms with Gasteiger partial charge >= 0.3 is 0 Å². The van der Waals surface area contributed by atoms with Crippen LogP contribution in [0.2, 0.25) is 0 Å². The average molecular weight is 258 g/mol. The summed E-state index contributed by atoms with van der Waals surface area (Å²) in [6, 6.07) is -0.267. The van der Waals surface area contributed by atoms with Crippen molar-refractivity contribution >= 4 is 11.8 Å². The van der Waals surface area contributed by atoms with Crippen molar-refractivity contribution < 1.29 is 9.59 Å². The predicted molar refractivity (Wildman–Crippen MR) is 71.8 cm³/mol. The smallest absolute Gasteiger partial charge is 0.237 e. The van der Waals surface area contributed by atoms with Crippen LogP contribution >= 0.6 is 0 Å². The van der Waals surface area contributed by atoms with E-state index in [4.69, 9.17) is 11.5 Å². The minimum atomic E-state index is -0.647. The van der Waals surface area contributed by atoms with Crippen LogP contribution in [0, 0.1) is 0 Å². The first kappa shape index (κ1) is 16.9. The molecule has 0 aromatic rings. The molecule has 18 heavy (non-hydrogen) atoms. The monoisotopic (exact) mass is 258 g/mol. The van der Waals surface area contributed by atoms with Crippen LogP contribution in [0.1, 0.15) is 39.0 Å². The summed E-state index contributed by atoms with van der Waals surface area (Å²) in [4.78, 5) is 22.2. The molecule has 0 aliphatic carbocycles. The number of likely N-dealkylation sites (N-methyl/N-ethyl adjacent to an activating group) is 2. The van der Waals surface area contributed by atoms with E-state index in [1.54, 1.807) is 21.0 Å². The van der Waals surface area contributed by atoms with E-state index in [9.17, 15) is 9.59 Å². The quantitative estimate of drug-likeness (QED) is 0.395. The number of primary amides is 2. The Morgan fingerprint density at radius 3 is 2.17 bits per heavy atom. The lowest BCUT2D eigenvalue weighted by Crippen LogP contribution is -2.51. The standard InChI is InChI=1S/C12H26N4O2/c1-12(16-3,11(14)18)8-6-4-5-7-9(15-2)10(13)17/h9,15-16H,4-8H2,1-3H3,(H2,13,17)(H2,14,18). The van der Waals surface area contributed by atoms with Crippen LogP contribution in [0.3, 0.4) is 0 Å². The van der Waals surface area contributed by atoms with Gasteiger partial charge in [0, 0.05) is 0 Å². The lowest BCUT2D eigenvalue weighted by molar-refractivity contribution is -0.124. The van der Waals surface area contributed by atoms with Gasteiger partial charge in [0.05, 0.1) is 11.6 Å². The van der Waals surface area contributed by atoms with E-state index in [1.807, 2.05) is 0 Å². The fourth-order valence-corrected chi connectivity index (χ4v) is 1.80. The maximum absolute atomic E-state index is 11.2. The van der Waals surface area contributed by atoms with Crippen LogP contribution < -0.4 is 22.1 Å². The van der Waals surface area contributed by atoms with Gasteiger partial charge in [0.25, 0.3) is 0 Å². The van der Waals surface area contributed by atoms with Gasteiger partial charge in [-0.05, 0) is 33.9 Å². The summed E-state index contributed by atoms with van der Waals surface area (Å²) in [6.45, 7) is 1.80. The van der Waals surface area contributed by atoms with Crippen molar-refractivity contribution in [3.05, 3.63) is 0 Å². The zero-order valence-electron chi connectivity index (χ0n) is 11.6. The fraction of sp³-hybridized carbons (Fsp3) is 0.833. The van der Waals surface area contributed by atoms with E-state index in [0.29, 0.717) is 6.42 Å². The van der Waals surface area contributed by atoms with Crippen LogP contribution in [0.4, 0.5) is 0 Å². The third-order valence-corrected chi connectivity index (χ3v) is 3.46. The first-order valence-electron chi connectivity index (χ1n) is 6.32. The molecule has 0 aromatic carbocycles. The number of carbonyl (C=O) groups is 2. The molecule has 0 saturated carbocycles. The molecule has 0 rings (SSSR count). The van der Waals surface area contributed by atoms with Gasteiger partial charge in [-0.25, -0.2) is 0 Å². The van der Waals surface area contributed by atoms with Crippen molar-refractivity contribution in [2.45, 2.75) is 50.6 Å². The number of nitrogens with one attached hydrogen (secondary N) is 2. The highest BCUT2D eigenvalue weighted by molar-refractivity contribution is 5.84. The van der Waals surface area contributed by atoms with Crippen molar-refractivity contribution in [2.75, 3.05) is 14.1 Å². The SMILES string of the molecule is CNC(CCCCCC(C)(NC)C(N)=O)C(N)=O. The molecule has 6 heteroatoms. The van der Waals surface area contributed by atoms with E-state index < -0.39 is 5.54 Å². The van der Waals surface area contributed by atoms with Crippen LogP contribution in [-0.4, -0.2) is 37.5 Å². The summed E-state index contributed by atoms with van der Waals surface area (Å²) in [5.41, 5.74) is 9.91. The second kappa shape index (κ2) is 8.05. The van der Waals surface area contributed by atoms with Crippen molar-refractivity contribution in [3.8, 4) is 0 Å². The number of hydrogen-bond acceptors (Lipinski definition) is 4. The predicted octanol–water partition coefficient (Wildman–Crippen LogP) is -0.526. The highest BCUT2D eigenvalue weighted by Crippen LogP contribution is 2.15. The van der Waals surface area contributed by atoms with Crippen LogP contribution in [-0.2, 0) is 9.59 Å². The first-order valence-corrected chi connectivity index (χ1v) is 6.32. The Bertz CT molecular complexity index is 283. The minimum Gasteiger partial charge on any atom is -0.368 e. The van der Waals surface area contributed by atoms with Gasteiger partial charge in [-0.15, -0.1) is 0 Å². The molecule has 2 amide bonds. The second-order valence-corrected chi connectivity index (χ2v) is 4.79. The molecule has 0 heterocycles. The minimum absolute atomic E-state index is 0.267. The van der Waals surface area contributed by atoms with Crippen LogP contribution in [0.25, 0.3) is 0 Å². The molecule has 0 saturated heterocycles. The van der Waals surface area contributed by atoms with Crippen molar-refractivity contribution in [3.63, 3.8) is 0 Å². The Balaban J connectivity index is 3.86. The second-order valence-electron chi connectivity index (χ2n) is 4.79. The van der Waals surface area contributed by atoms with Gasteiger partial charge in [-0.3, -0.25) is 9.59 Å². The van der Waals surface area contributed by atoms with Gasteiger partial charge in [0.1, 0.15) is 0 Å². The van der Waals surface area contributed by atoms with Gasteiger partial charge in [0.15, 0.2) is 0 Å². The molecule has 0 radical (unpaired) electrons. The maximum Gasteiger partial charge on any atom is 0.237 e. The molecule has 6 N–H and O–H groups in total. The molecule has 0 bridgehead atoms. The van der Waals surface area contributed by atoms with E-state index in [1.165, 1.54) is 0 Å². The molecule has 2 atom stereocenters. The zero-order chi connectivity index (χ0) is 14.2. The van der Waals surface area contributed by atoms with E-state index >= 15 is 0 Å². The number of unbranched alkanes of at least 4 members (excludes halogenated alkanes) is 2. The van der Waals surface area contributed by atoms with Gasteiger partial charge < -0.3 is 22.1 Å². The molecule has 2 unspecified atom stereocenters. The molecule has 6 nitrogen and oxygen atoms in total. The molecular weight excluding hydrogens is 232 g/mol. The van der Waals surface area contributed by atoms with E-state index in [-0.39, 0.29) is 17.9 Å². The molecule has 106 valence electrons. The summed E-state index contributed by atoms with van der Waals surface area (Å²) in [7, 11) is 3.45. The van der Waals surface area contributed by atoms with E-state index in [2.05, 4.69) is 10.6 Å². The molecule has 0 aliphatic rings. The number of hydrogen-bond donors (Lipinski definition) is 4. The Morgan fingerprint density at radius 2 is 1.78 bits per heavy atom. The number of rotatable bonds is 10. The normalized spacial score (nSPS) is 15.9. The zero-order valence-corrected chi connectivity index (χ0v) is 11.6. The van der Waals surface area contributed by atoms with Gasteiger partial charge in [0.2, 0.25) is 11.8 Å². The summed E-state index contributed by atoms with van der Waals surface area (Å²) in [5.74, 6) is -0.662. The summed E-state index contributed by atoms with van der Waals surface area (Å²) >= 11 is 0. The molecule has 0 spiro atoms. The number of amides is 2. The lowest BCUT2D eigenvalue weighted by atomic mass is 9.93. The van der Waals surface area contributed by atoms with Crippen molar-refractivity contribution in [1.29, 1.82) is 0 Å². The highest BCUT2D eigenvalue weighted by atomic mass is 16.2. The summed E-state index contributed by atoms with van der Waals surface area (Å²) in [5, 5.41) is 5.82. The highest BCUT2D eigenvalue weighted by Gasteiger charge is 2.27. The number of carbonyl (C=O) groups excluding carboxylic acids is 2. The Kier molecular flexibility index (Phi) is 7.54. The Labute approximate surface area is 109 Å². The molecule has 0 aliphatic heterocycles. The summed E-state index contributed by atoms with van der Waals surface area (Å²) in [6.07, 6.45) is 4.14. The van der Waals surface area contributed by atoms with Gasteiger partial charge in [-0.1, -0.05) is 19.3 Å².